The van der Waals surface area contributed by atoms with Crippen LogP contribution in [0.4, 0.5) is 0 Å². The molecule has 2 aromatic rings. The van der Waals surface area contributed by atoms with Crippen molar-refractivity contribution < 1.29 is 9.47 Å². The molecule has 0 spiro atoms. The van der Waals surface area contributed by atoms with Crippen molar-refractivity contribution in [2.45, 2.75) is 12.5 Å². The van der Waals surface area contributed by atoms with Crippen molar-refractivity contribution in [1.82, 2.24) is 10.9 Å². The standard InChI is InChI=1S/C15H14N2O2/c1-2-4-13-12(3-1)18-14-6-5-10(9-15(14)19-13)11-7-8-16-17-11/h1-6,9,11,16-17H,7-8H2. The molecule has 2 aliphatic heterocycles. The second kappa shape index (κ2) is 4.26. The highest BCUT2D eigenvalue weighted by Crippen LogP contribution is 2.45. The van der Waals surface area contributed by atoms with E-state index in [1.54, 1.807) is 0 Å². The molecule has 0 amide bonds. The van der Waals surface area contributed by atoms with Gasteiger partial charge in [-0.2, -0.15) is 0 Å². The van der Waals surface area contributed by atoms with Gasteiger partial charge in [0.15, 0.2) is 23.0 Å². The van der Waals surface area contributed by atoms with Gasteiger partial charge < -0.3 is 9.47 Å². The third-order valence-corrected chi connectivity index (χ3v) is 3.49. The van der Waals surface area contributed by atoms with Gasteiger partial charge >= 0.3 is 0 Å². The molecule has 1 fully saturated rings. The largest absolute Gasteiger partial charge is 0.450 e. The molecule has 1 atom stereocenters. The van der Waals surface area contributed by atoms with Crippen molar-refractivity contribution in [2.75, 3.05) is 6.54 Å². The van der Waals surface area contributed by atoms with Crippen LogP contribution in [0.1, 0.15) is 18.0 Å². The minimum absolute atomic E-state index is 0.339. The summed E-state index contributed by atoms with van der Waals surface area (Å²) in [7, 11) is 0. The summed E-state index contributed by atoms with van der Waals surface area (Å²) >= 11 is 0. The lowest BCUT2D eigenvalue weighted by atomic mass is 10.0. The van der Waals surface area contributed by atoms with Crippen LogP contribution in [0.3, 0.4) is 0 Å². The Hall–Kier alpha value is -2.04. The Labute approximate surface area is 111 Å². The predicted molar refractivity (Wildman–Crippen MR) is 71.5 cm³/mol. The summed E-state index contributed by atoms with van der Waals surface area (Å²) in [6.07, 6.45) is 1.08. The molecule has 4 nitrogen and oxygen atoms in total. The van der Waals surface area contributed by atoms with Crippen molar-refractivity contribution in [3.63, 3.8) is 0 Å². The van der Waals surface area contributed by atoms with E-state index in [1.807, 2.05) is 30.3 Å². The van der Waals surface area contributed by atoms with Crippen LogP contribution in [0.15, 0.2) is 42.5 Å². The smallest absolute Gasteiger partial charge is 0.170 e. The van der Waals surface area contributed by atoms with Crippen LogP contribution >= 0.6 is 0 Å². The summed E-state index contributed by atoms with van der Waals surface area (Å²) in [4.78, 5) is 0. The van der Waals surface area contributed by atoms with E-state index in [-0.39, 0.29) is 0 Å². The maximum absolute atomic E-state index is 5.90. The van der Waals surface area contributed by atoms with Crippen LogP contribution < -0.4 is 20.3 Å². The fraction of sp³-hybridized carbons (Fsp3) is 0.200. The lowest BCUT2D eigenvalue weighted by Crippen LogP contribution is -2.24. The number of fused-ring (bicyclic) bond motifs is 2. The van der Waals surface area contributed by atoms with Crippen LogP contribution in [0.5, 0.6) is 23.0 Å². The average molecular weight is 254 g/mol. The molecule has 0 radical (unpaired) electrons. The van der Waals surface area contributed by atoms with Crippen LogP contribution in [-0.2, 0) is 0 Å². The summed E-state index contributed by atoms with van der Waals surface area (Å²) in [5, 5.41) is 0. The molecule has 2 aliphatic rings. The zero-order valence-electron chi connectivity index (χ0n) is 10.3. The molecule has 0 bridgehead atoms. The van der Waals surface area contributed by atoms with Gasteiger partial charge in [0, 0.05) is 12.6 Å². The Bertz CT molecular complexity index is 621. The van der Waals surface area contributed by atoms with Crippen LogP contribution in [0, 0.1) is 0 Å². The molecule has 4 heteroatoms. The number of hydrogen-bond acceptors (Lipinski definition) is 4. The average Bonchev–Trinajstić information content (AvgIpc) is 2.98. The molecule has 2 heterocycles. The van der Waals surface area contributed by atoms with Gasteiger partial charge in [0.25, 0.3) is 0 Å². The highest BCUT2D eigenvalue weighted by Gasteiger charge is 2.22. The molecule has 0 saturated carbocycles. The Morgan fingerprint density at radius 2 is 1.63 bits per heavy atom. The first-order chi connectivity index (χ1) is 9.40. The van der Waals surface area contributed by atoms with Crippen LogP contribution in [0.2, 0.25) is 0 Å². The molecule has 19 heavy (non-hydrogen) atoms. The summed E-state index contributed by atoms with van der Waals surface area (Å²) in [5.41, 5.74) is 7.61. The normalized spacial score (nSPS) is 20.1. The van der Waals surface area contributed by atoms with E-state index in [9.17, 15) is 0 Å². The van der Waals surface area contributed by atoms with Crippen molar-refractivity contribution in [2.24, 2.45) is 0 Å². The first-order valence-electron chi connectivity index (χ1n) is 6.47. The van der Waals surface area contributed by atoms with E-state index in [1.165, 1.54) is 5.56 Å². The summed E-state index contributed by atoms with van der Waals surface area (Å²) in [6.45, 7) is 0.988. The number of ether oxygens (including phenoxy) is 2. The monoisotopic (exact) mass is 254 g/mol. The first kappa shape index (κ1) is 10.8. The number of hydrazine groups is 1. The number of benzene rings is 2. The molecule has 1 unspecified atom stereocenters. The first-order valence-corrected chi connectivity index (χ1v) is 6.47. The lowest BCUT2D eigenvalue weighted by Gasteiger charge is -2.21. The van der Waals surface area contributed by atoms with Crippen molar-refractivity contribution in [1.29, 1.82) is 0 Å². The number of para-hydroxylation sites is 2. The van der Waals surface area contributed by atoms with E-state index in [0.29, 0.717) is 6.04 Å². The van der Waals surface area contributed by atoms with Gasteiger partial charge in [-0.3, -0.25) is 10.9 Å². The van der Waals surface area contributed by atoms with Gasteiger partial charge in [0.05, 0.1) is 0 Å². The van der Waals surface area contributed by atoms with E-state index >= 15 is 0 Å². The van der Waals surface area contributed by atoms with Gasteiger partial charge in [-0.05, 0) is 36.2 Å². The minimum Gasteiger partial charge on any atom is -0.450 e. The zero-order valence-corrected chi connectivity index (χ0v) is 10.3. The van der Waals surface area contributed by atoms with Gasteiger partial charge in [0.1, 0.15) is 0 Å². The van der Waals surface area contributed by atoms with Crippen molar-refractivity contribution in [3.05, 3.63) is 48.0 Å². The topological polar surface area (TPSA) is 42.5 Å². The minimum atomic E-state index is 0.339. The van der Waals surface area contributed by atoms with E-state index in [2.05, 4.69) is 23.0 Å². The zero-order chi connectivity index (χ0) is 12.7. The fourth-order valence-electron chi connectivity index (χ4n) is 2.50. The summed E-state index contributed by atoms with van der Waals surface area (Å²) in [6, 6.07) is 14.2. The van der Waals surface area contributed by atoms with Gasteiger partial charge in [-0.15, -0.1) is 0 Å². The van der Waals surface area contributed by atoms with E-state index < -0.39 is 0 Å². The van der Waals surface area contributed by atoms with Crippen molar-refractivity contribution in [3.8, 4) is 23.0 Å². The summed E-state index contributed by atoms with van der Waals surface area (Å²) < 4.78 is 11.7. The van der Waals surface area contributed by atoms with Gasteiger partial charge in [-0.1, -0.05) is 18.2 Å². The molecule has 0 aromatic heterocycles. The Morgan fingerprint density at radius 1 is 0.895 bits per heavy atom. The number of rotatable bonds is 1. The highest BCUT2D eigenvalue weighted by atomic mass is 16.6. The van der Waals surface area contributed by atoms with E-state index in [4.69, 9.17) is 9.47 Å². The third-order valence-electron chi connectivity index (χ3n) is 3.49. The molecule has 96 valence electrons. The molecule has 2 N–H and O–H groups in total. The second-order valence-electron chi connectivity index (χ2n) is 4.77. The molecule has 1 saturated heterocycles. The maximum atomic E-state index is 5.90. The van der Waals surface area contributed by atoms with E-state index in [0.717, 1.165) is 36.0 Å². The molecule has 0 aliphatic carbocycles. The van der Waals surface area contributed by atoms with Gasteiger partial charge in [0.2, 0.25) is 0 Å². The molecular weight excluding hydrogens is 240 g/mol. The van der Waals surface area contributed by atoms with Gasteiger partial charge in [-0.25, -0.2) is 0 Å². The van der Waals surface area contributed by atoms with Crippen molar-refractivity contribution >= 4 is 0 Å². The maximum Gasteiger partial charge on any atom is 0.170 e. The molecule has 2 aromatic carbocycles. The Balaban J connectivity index is 1.70. The lowest BCUT2D eigenvalue weighted by molar-refractivity contribution is 0.358. The number of hydrogen-bond donors (Lipinski definition) is 2. The second-order valence-corrected chi connectivity index (χ2v) is 4.77. The summed E-state index contributed by atoms with van der Waals surface area (Å²) in [5.74, 6) is 3.09. The van der Waals surface area contributed by atoms with Crippen LogP contribution in [-0.4, -0.2) is 6.54 Å². The van der Waals surface area contributed by atoms with Crippen LogP contribution in [0.25, 0.3) is 0 Å². The highest BCUT2D eigenvalue weighted by molar-refractivity contribution is 5.55. The molecular formula is C15H14N2O2. The Kier molecular flexibility index (Phi) is 2.43. The number of nitrogens with one attached hydrogen (secondary N) is 2. The SMILES string of the molecule is c1ccc2c(c1)Oc1ccc(C3CCNN3)cc1O2. The Morgan fingerprint density at radius 3 is 2.37 bits per heavy atom. The third kappa shape index (κ3) is 1.85. The predicted octanol–water partition coefficient (Wildman–Crippen LogP) is 3.12. The molecule has 4 rings (SSSR count). The fourth-order valence-corrected chi connectivity index (χ4v) is 2.50. The quantitative estimate of drug-likeness (QED) is 0.700.